The lowest BCUT2D eigenvalue weighted by Crippen LogP contribution is -2.01. The minimum atomic E-state index is -1.01. The van der Waals surface area contributed by atoms with E-state index in [1.165, 1.54) is 31.9 Å². The zero-order valence-corrected chi connectivity index (χ0v) is 11.7. The van der Waals surface area contributed by atoms with Gasteiger partial charge in [-0.25, -0.2) is 4.79 Å². The van der Waals surface area contributed by atoms with Crippen molar-refractivity contribution < 1.29 is 19.4 Å². The molecule has 1 aromatic rings. The molecule has 0 fully saturated rings. The van der Waals surface area contributed by atoms with Crippen LogP contribution in [0.3, 0.4) is 0 Å². The molecule has 0 aliphatic heterocycles. The number of carbonyl (C=O) groups is 2. The molecule has 0 spiro atoms. The first-order valence-corrected chi connectivity index (χ1v) is 6.75. The molecule has 4 nitrogen and oxygen atoms in total. The van der Waals surface area contributed by atoms with E-state index < -0.39 is 5.97 Å². The molecular formula is C14H16O4S. The normalized spacial score (nSPS) is 10.6. The smallest absolute Gasteiger partial charge is 0.339 e. The summed E-state index contributed by atoms with van der Waals surface area (Å²) in [7, 11) is 1.45. The van der Waals surface area contributed by atoms with Crippen LogP contribution in [0.2, 0.25) is 0 Å². The number of benzene rings is 1. The number of carboxylic acid groups (broad SMARTS) is 1. The Hall–Kier alpha value is -1.75. The molecule has 0 heterocycles. The monoisotopic (exact) mass is 280 g/mol. The zero-order chi connectivity index (χ0) is 14.3. The van der Waals surface area contributed by atoms with Crippen molar-refractivity contribution >= 4 is 28.9 Å². The second-order valence-electron chi connectivity index (χ2n) is 3.76. The van der Waals surface area contributed by atoms with Crippen LogP contribution in [0, 0.1) is 0 Å². The van der Waals surface area contributed by atoms with Crippen LogP contribution in [0.25, 0.3) is 6.08 Å². The van der Waals surface area contributed by atoms with Crippen molar-refractivity contribution in [2.45, 2.75) is 13.3 Å². The van der Waals surface area contributed by atoms with Crippen molar-refractivity contribution in [2.24, 2.45) is 0 Å². The molecule has 0 bridgehead atoms. The molecule has 1 aromatic carbocycles. The van der Waals surface area contributed by atoms with E-state index in [-0.39, 0.29) is 10.7 Å². The highest BCUT2D eigenvalue weighted by Crippen LogP contribution is 2.25. The molecule has 0 atom stereocenters. The van der Waals surface area contributed by atoms with Gasteiger partial charge in [-0.3, -0.25) is 4.79 Å². The van der Waals surface area contributed by atoms with E-state index >= 15 is 0 Å². The fraction of sp³-hybridized carbons (Fsp3) is 0.286. The number of rotatable bonds is 6. The van der Waals surface area contributed by atoms with E-state index in [9.17, 15) is 9.59 Å². The lowest BCUT2D eigenvalue weighted by atomic mass is 10.1. The average molecular weight is 280 g/mol. The van der Waals surface area contributed by atoms with E-state index in [0.717, 1.165) is 12.0 Å². The number of carboxylic acids is 1. The van der Waals surface area contributed by atoms with Crippen molar-refractivity contribution in [1.82, 2.24) is 0 Å². The van der Waals surface area contributed by atoms with Crippen LogP contribution >= 0.6 is 11.8 Å². The van der Waals surface area contributed by atoms with E-state index in [1.54, 1.807) is 12.1 Å². The highest BCUT2D eigenvalue weighted by atomic mass is 32.2. The summed E-state index contributed by atoms with van der Waals surface area (Å²) in [6.07, 6.45) is 4.45. The maximum absolute atomic E-state index is 11.0. The molecule has 0 aromatic heterocycles. The molecule has 0 saturated heterocycles. The van der Waals surface area contributed by atoms with Crippen molar-refractivity contribution in [3.8, 4) is 5.75 Å². The Morgan fingerprint density at radius 3 is 2.74 bits per heavy atom. The number of ether oxygens (including phenoxy) is 1. The molecular weight excluding hydrogens is 264 g/mol. The minimum absolute atomic E-state index is 0.0962. The third-order valence-corrected chi connectivity index (χ3v) is 3.21. The molecule has 5 heteroatoms. The molecule has 0 saturated carbocycles. The molecule has 0 radical (unpaired) electrons. The molecule has 19 heavy (non-hydrogen) atoms. The Morgan fingerprint density at radius 1 is 1.42 bits per heavy atom. The summed E-state index contributed by atoms with van der Waals surface area (Å²) >= 11 is 1.27. The van der Waals surface area contributed by atoms with Gasteiger partial charge in [-0.15, -0.1) is 0 Å². The van der Waals surface area contributed by atoms with E-state index in [0.29, 0.717) is 11.5 Å². The standard InChI is InChI=1S/C14H16O4S/c1-10(15)19-9-4-3-6-11-7-5-8-12(14(16)17)13(11)18-2/h3,5-8H,4,9H2,1-2H3,(H,16,17). The predicted molar refractivity (Wildman–Crippen MR) is 76.7 cm³/mol. The Balaban J connectivity index is 2.77. The average Bonchev–Trinajstić information content (AvgIpc) is 2.37. The second-order valence-corrected chi connectivity index (χ2v) is 5.04. The van der Waals surface area contributed by atoms with E-state index in [4.69, 9.17) is 9.84 Å². The van der Waals surface area contributed by atoms with Crippen molar-refractivity contribution in [3.05, 3.63) is 35.4 Å². The summed E-state index contributed by atoms with van der Waals surface area (Å²) in [5, 5.41) is 9.14. The van der Waals surface area contributed by atoms with Crippen molar-refractivity contribution in [3.63, 3.8) is 0 Å². The van der Waals surface area contributed by atoms with Gasteiger partial charge >= 0.3 is 5.97 Å². The molecule has 0 aliphatic carbocycles. The van der Waals surface area contributed by atoms with Gasteiger partial charge in [0.2, 0.25) is 0 Å². The minimum Gasteiger partial charge on any atom is -0.495 e. The Bertz CT molecular complexity index is 494. The quantitative estimate of drug-likeness (QED) is 0.811. The third-order valence-electron chi connectivity index (χ3n) is 2.37. The fourth-order valence-corrected chi connectivity index (χ4v) is 2.10. The van der Waals surface area contributed by atoms with Gasteiger partial charge in [-0.2, -0.15) is 0 Å². The van der Waals surface area contributed by atoms with Gasteiger partial charge < -0.3 is 9.84 Å². The van der Waals surface area contributed by atoms with Crippen LogP contribution in [-0.4, -0.2) is 29.1 Å². The molecule has 0 aliphatic rings. The van der Waals surface area contributed by atoms with Gasteiger partial charge in [-0.1, -0.05) is 36.0 Å². The number of aromatic carboxylic acids is 1. The number of methoxy groups -OCH3 is 1. The number of allylic oxidation sites excluding steroid dienone is 1. The van der Waals surface area contributed by atoms with Gasteiger partial charge in [0.15, 0.2) is 5.12 Å². The SMILES string of the molecule is COc1c(C=CCCSC(C)=O)cccc1C(=O)O. The van der Waals surface area contributed by atoms with Crippen LogP contribution < -0.4 is 4.74 Å². The van der Waals surface area contributed by atoms with Gasteiger partial charge in [0.1, 0.15) is 11.3 Å². The number of hydrogen-bond donors (Lipinski definition) is 1. The number of carbonyl (C=O) groups excluding carboxylic acids is 1. The number of hydrogen-bond acceptors (Lipinski definition) is 4. The Morgan fingerprint density at radius 2 is 2.16 bits per heavy atom. The Kier molecular flexibility index (Phi) is 6.15. The summed E-state index contributed by atoms with van der Waals surface area (Å²) in [6, 6.07) is 4.97. The van der Waals surface area contributed by atoms with Gasteiger partial charge in [0.05, 0.1) is 7.11 Å². The van der Waals surface area contributed by atoms with Gasteiger partial charge in [-0.05, 0) is 12.5 Å². The second kappa shape index (κ2) is 7.63. The molecule has 0 unspecified atom stereocenters. The third kappa shape index (κ3) is 4.79. The van der Waals surface area contributed by atoms with Crippen molar-refractivity contribution in [2.75, 3.05) is 12.9 Å². The van der Waals surface area contributed by atoms with Gasteiger partial charge in [0, 0.05) is 18.2 Å². The lowest BCUT2D eigenvalue weighted by Gasteiger charge is -2.08. The van der Waals surface area contributed by atoms with Crippen LogP contribution in [0.5, 0.6) is 5.75 Å². The highest BCUT2D eigenvalue weighted by Gasteiger charge is 2.12. The molecule has 102 valence electrons. The van der Waals surface area contributed by atoms with Crippen LogP contribution in [0.15, 0.2) is 24.3 Å². The number of thioether (sulfide) groups is 1. The largest absolute Gasteiger partial charge is 0.495 e. The Labute approximate surface area is 116 Å². The van der Waals surface area contributed by atoms with E-state index in [1.807, 2.05) is 12.2 Å². The molecule has 1 rings (SSSR count). The summed E-state index contributed by atoms with van der Waals surface area (Å²) in [4.78, 5) is 21.8. The van der Waals surface area contributed by atoms with Crippen LogP contribution in [0.4, 0.5) is 0 Å². The highest BCUT2D eigenvalue weighted by molar-refractivity contribution is 8.13. The number of para-hydroxylation sites is 1. The fourth-order valence-electron chi connectivity index (χ4n) is 1.56. The van der Waals surface area contributed by atoms with Crippen molar-refractivity contribution in [1.29, 1.82) is 0 Å². The first-order chi connectivity index (χ1) is 9.06. The summed E-state index contributed by atoms with van der Waals surface area (Å²) in [5.74, 6) is 0.0527. The van der Waals surface area contributed by atoms with Crippen LogP contribution in [-0.2, 0) is 4.79 Å². The molecule has 0 amide bonds. The predicted octanol–water partition coefficient (Wildman–Crippen LogP) is 3.08. The first-order valence-electron chi connectivity index (χ1n) is 5.76. The summed E-state index contributed by atoms with van der Waals surface area (Å²) in [5.41, 5.74) is 0.859. The first kappa shape index (κ1) is 15.3. The maximum Gasteiger partial charge on any atom is 0.339 e. The van der Waals surface area contributed by atoms with E-state index in [2.05, 4.69) is 0 Å². The topological polar surface area (TPSA) is 63.6 Å². The maximum atomic E-state index is 11.0. The zero-order valence-electron chi connectivity index (χ0n) is 10.9. The lowest BCUT2D eigenvalue weighted by molar-refractivity contribution is -0.109. The van der Waals surface area contributed by atoms with Gasteiger partial charge in [0.25, 0.3) is 0 Å². The summed E-state index contributed by atoms with van der Waals surface area (Å²) < 4.78 is 5.14. The molecule has 1 N–H and O–H groups in total. The van der Waals surface area contributed by atoms with Crippen LogP contribution in [0.1, 0.15) is 29.3 Å². The summed E-state index contributed by atoms with van der Waals surface area (Å²) in [6.45, 7) is 1.54.